The Morgan fingerprint density at radius 3 is 2.71 bits per heavy atom. The van der Waals surface area contributed by atoms with Crippen molar-refractivity contribution in [3.63, 3.8) is 0 Å². The Bertz CT molecular complexity index is 987. The number of hydrogen-bond donors (Lipinski definition) is 1. The zero-order chi connectivity index (χ0) is 21.1. The quantitative estimate of drug-likeness (QED) is 0.207. The molecule has 0 saturated carbocycles. The highest BCUT2D eigenvalue weighted by Gasteiger charge is 2.32. The molecule has 1 amide bonds. The predicted octanol–water partition coefficient (Wildman–Crippen LogP) is 2.00. The van der Waals surface area contributed by atoms with Crippen molar-refractivity contribution in [2.75, 3.05) is 12.8 Å². The van der Waals surface area contributed by atoms with Crippen LogP contribution in [0.3, 0.4) is 0 Å². The fourth-order valence-electron chi connectivity index (χ4n) is 2.22. The first kappa shape index (κ1) is 21.8. The number of thiocarbonyl (C=S) groups is 1. The number of nitrogens with zero attached hydrogens (tertiary/aromatic N) is 2. The molecule has 1 N–H and O–H groups in total. The summed E-state index contributed by atoms with van der Waals surface area (Å²) in [6.07, 6.45) is 2.14. The highest BCUT2D eigenvalue weighted by molar-refractivity contribution is 8.26. The van der Waals surface area contributed by atoms with Crippen molar-refractivity contribution in [2.45, 2.75) is 12.8 Å². The summed E-state index contributed by atoms with van der Waals surface area (Å²) in [5, 5.41) is 19.7. The summed E-state index contributed by atoms with van der Waals surface area (Å²) in [5.41, 5.74) is -0.297. The van der Waals surface area contributed by atoms with Crippen LogP contribution in [0.1, 0.15) is 18.4 Å². The van der Waals surface area contributed by atoms with Gasteiger partial charge in [-0.1, -0.05) is 24.0 Å². The summed E-state index contributed by atoms with van der Waals surface area (Å²) in [7, 11) is -3.90. The van der Waals surface area contributed by atoms with Gasteiger partial charge in [0.15, 0.2) is 0 Å². The number of amides is 1. The lowest BCUT2D eigenvalue weighted by atomic mass is 10.1. The lowest BCUT2D eigenvalue weighted by Crippen LogP contribution is -2.29. The first-order valence-electron chi connectivity index (χ1n) is 7.63. The van der Waals surface area contributed by atoms with Gasteiger partial charge in [0.05, 0.1) is 16.1 Å². The van der Waals surface area contributed by atoms with Gasteiger partial charge in [-0.3, -0.25) is 24.6 Å². The van der Waals surface area contributed by atoms with E-state index in [2.05, 4.69) is 0 Å². The molecule has 0 aromatic heterocycles. The number of rotatable bonds is 8. The van der Waals surface area contributed by atoms with Crippen LogP contribution in [0.2, 0.25) is 0 Å². The number of non-ortho nitro benzene ring substituents is 1. The number of carboxylic acid groups (broad SMARTS) is 1. The normalized spacial score (nSPS) is 15.9. The molecule has 0 spiro atoms. The third kappa shape index (κ3) is 5.74. The van der Waals surface area contributed by atoms with Gasteiger partial charge in [0.25, 0.3) is 11.6 Å². The molecule has 0 aliphatic carbocycles. The number of benzene rings is 1. The van der Waals surface area contributed by atoms with E-state index in [4.69, 9.17) is 21.5 Å². The molecule has 2 rings (SSSR count). The molecule has 1 heterocycles. The Balaban J connectivity index is 2.36. The fraction of sp³-hybridized carbons (Fsp3) is 0.267. The van der Waals surface area contributed by atoms with Crippen LogP contribution < -0.4 is 4.18 Å². The van der Waals surface area contributed by atoms with E-state index < -0.39 is 26.9 Å². The zero-order valence-electron chi connectivity index (χ0n) is 14.4. The second kappa shape index (κ2) is 8.67. The molecule has 10 nitrogen and oxygen atoms in total. The van der Waals surface area contributed by atoms with Gasteiger partial charge in [-0.05, 0) is 18.6 Å². The highest BCUT2D eigenvalue weighted by atomic mass is 32.2. The molecule has 1 aromatic rings. The van der Waals surface area contributed by atoms with Crippen molar-refractivity contribution in [3.05, 3.63) is 38.8 Å². The van der Waals surface area contributed by atoms with Crippen molar-refractivity contribution >= 4 is 62.1 Å². The van der Waals surface area contributed by atoms with Crippen molar-refractivity contribution < 1.29 is 32.2 Å². The smallest absolute Gasteiger partial charge is 0.306 e. The van der Waals surface area contributed by atoms with E-state index in [1.807, 2.05) is 0 Å². The van der Waals surface area contributed by atoms with E-state index in [0.29, 0.717) is 0 Å². The van der Waals surface area contributed by atoms with Crippen LogP contribution in [0.25, 0.3) is 6.08 Å². The molecule has 1 saturated heterocycles. The van der Waals surface area contributed by atoms with E-state index in [0.717, 1.165) is 36.2 Å². The molecule has 28 heavy (non-hydrogen) atoms. The third-order valence-corrected chi connectivity index (χ3v) is 5.24. The van der Waals surface area contributed by atoms with Crippen LogP contribution in [0, 0.1) is 10.1 Å². The number of carbonyl (C=O) groups is 2. The Morgan fingerprint density at radius 1 is 1.46 bits per heavy atom. The molecule has 0 radical (unpaired) electrons. The molecule has 13 heteroatoms. The van der Waals surface area contributed by atoms with E-state index in [1.165, 1.54) is 11.0 Å². The summed E-state index contributed by atoms with van der Waals surface area (Å²) < 4.78 is 27.9. The van der Waals surface area contributed by atoms with Crippen LogP contribution in [-0.4, -0.2) is 52.3 Å². The van der Waals surface area contributed by atoms with Crippen molar-refractivity contribution in [1.29, 1.82) is 0 Å². The van der Waals surface area contributed by atoms with E-state index in [-0.39, 0.29) is 45.6 Å². The van der Waals surface area contributed by atoms with Crippen LogP contribution in [0.15, 0.2) is 23.1 Å². The SMILES string of the molecule is CS(=O)(=O)Oc1ccc([N+](=O)[O-])cc1C=C1SC(=S)N(CCCC(=O)O)C1=O. The minimum absolute atomic E-state index is 0.0191. The molecule has 1 aliphatic rings. The molecule has 1 aromatic carbocycles. The number of nitro benzene ring substituents is 1. The van der Waals surface area contributed by atoms with Crippen molar-refractivity contribution in [2.24, 2.45) is 0 Å². The van der Waals surface area contributed by atoms with Crippen LogP contribution in [0.4, 0.5) is 5.69 Å². The maximum Gasteiger partial charge on any atom is 0.306 e. The maximum atomic E-state index is 12.5. The van der Waals surface area contributed by atoms with Crippen LogP contribution >= 0.6 is 24.0 Å². The predicted molar refractivity (Wildman–Crippen MR) is 105 cm³/mol. The van der Waals surface area contributed by atoms with E-state index in [1.54, 1.807) is 0 Å². The van der Waals surface area contributed by atoms with Gasteiger partial charge in [0, 0.05) is 30.7 Å². The van der Waals surface area contributed by atoms with E-state index in [9.17, 15) is 28.1 Å². The van der Waals surface area contributed by atoms with Gasteiger partial charge < -0.3 is 9.29 Å². The number of nitro groups is 1. The topological polar surface area (TPSA) is 144 Å². The molecule has 150 valence electrons. The molecule has 0 bridgehead atoms. The number of aliphatic carboxylic acids is 1. The second-order valence-corrected chi connectivity index (χ2v) is 8.85. The molecular formula is C15H14N2O8S3. The minimum Gasteiger partial charge on any atom is -0.481 e. The van der Waals surface area contributed by atoms with Gasteiger partial charge >= 0.3 is 16.1 Å². The zero-order valence-corrected chi connectivity index (χ0v) is 16.8. The van der Waals surface area contributed by atoms with Gasteiger partial charge in [0.1, 0.15) is 10.1 Å². The number of carboxylic acids is 1. The van der Waals surface area contributed by atoms with Crippen LogP contribution in [-0.2, 0) is 19.7 Å². The lowest BCUT2D eigenvalue weighted by Gasteiger charge is -2.13. The summed E-state index contributed by atoms with van der Waals surface area (Å²) in [6.45, 7) is 0.107. The third-order valence-electron chi connectivity index (χ3n) is 3.38. The Kier molecular flexibility index (Phi) is 6.74. The fourth-order valence-corrected chi connectivity index (χ4v) is 4.00. The maximum absolute atomic E-state index is 12.5. The average molecular weight is 446 g/mol. The van der Waals surface area contributed by atoms with Gasteiger partial charge in [-0.25, -0.2) is 0 Å². The Labute approximate surface area is 169 Å². The molecule has 1 fully saturated rings. The Morgan fingerprint density at radius 2 is 2.14 bits per heavy atom. The summed E-state index contributed by atoms with van der Waals surface area (Å²) >= 11 is 6.05. The molecule has 0 unspecified atom stereocenters. The van der Waals surface area contributed by atoms with Crippen molar-refractivity contribution in [3.8, 4) is 5.75 Å². The first-order chi connectivity index (χ1) is 13.0. The van der Waals surface area contributed by atoms with Gasteiger partial charge in [-0.15, -0.1) is 0 Å². The summed E-state index contributed by atoms with van der Waals surface area (Å²) in [5.74, 6) is -1.68. The van der Waals surface area contributed by atoms with Gasteiger partial charge in [-0.2, -0.15) is 8.42 Å². The minimum atomic E-state index is -3.90. The summed E-state index contributed by atoms with van der Waals surface area (Å²) in [6, 6.07) is 3.28. The first-order valence-corrected chi connectivity index (χ1v) is 10.7. The number of hydrogen-bond acceptors (Lipinski definition) is 9. The standard InChI is InChI=1S/C15H14N2O8S3/c1-28(23,24)25-11-5-4-10(17(21)22)7-9(11)8-12-14(20)16(15(26)27-12)6-2-3-13(18)19/h4-5,7-8H,2-3,6H2,1H3,(H,18,19). The average Bonchev–Trinajstić information content (AvgIpc) is 2.82. The van der Waals surface area contributed by atoms with Crippen molar-refractivity contribution in [1.82, 2.24) is 4.90 Å². The largest absolute Gasteiger partial charge is 0.481 e. The monoisotopic (exact) mass is 446 g/mol. The highest BCUT2D eigenvalue weighted by Crippen LogP contribution is 2.35. The van der Waals surface area contributed by atoms with Gasteiger partial charge in [0.2, 0.25) is 0 Å². The molecule has 0 atom stereocenters. The number of thioether (sulfide) groups is 1. The van der Waals surface area contributed by atoms with E-state index >= 15 is 0 Å². The second-order valence-electron chi connectivity index (χ2n) is 5.60. The summed E-state index contributed by atoms with van der Waals surface area (Å²) in [4.78, 5) is 34.8. The molecular weight excluding hydrogens is 432 g/mol. The van der Waals surface area contributed by atoms with Crippen LogP contribution in [0.5, 0.6) is 5.75 Å². The lowest BCUT2D eigenvalue weighted by molar-refractivity contribution is -0.384. The molecule has 1 aliphatic heterocycles. The number of carbonyl (C=O) groups excluding carboxylic acids is 1. The Hall–Kier alpha value is -2.51.